The first-order chi connectivity index (χ1) is 10.1. The monoisotopic (exact) mass is 302 g/mol. The van der Waals surface area contributed by atoms with E-state index in [1.54, 1.807) is 18.2 Å². The minimum atomic E-state index is -0.155. The number of anilines is 2. The van der Waals surface area contributed by atoms with Gasteiger partial charge in [-0.05, 0) is 44.0 Å². The van der Waals surface area contributed by atoms with E-state index in [1.807, 2.05) is 19.1 Å². The number of hydrogen-bond donors (Lipinski definition) is 2. The molecule has 1 fully saturated rings. The van der Waals surface area contributed by atoms with E-state index in [0.29, 0.717) is 22.7 Å². The van der Waals surface area contributed by atoms with Crippen molar-refractivity contribution in [2.45, 2.75) is 25.8 Å². The van der Waals surface area contributed by atoms with Crippen molar-refractivity contribution in [3.05, 3.63) is 46.7 Å². The summed E-state index contributed by atoms with van der Waals surface area (Å²) in [6, 6.07) is 9.25. The van der Waals surface area contributed by atoms with Crippen molar-refractivity contribution in [3.63, 3.8) is 0 Å². The molecule has 0 saturated heterocycles. The first kappa shape index (κ1) is 13.8. The van der Waals surface area contributed by atoms with Crippen LogP contribution in [0.2, 0.25) is 5.02 Å². The van der Waals surface area contributed by atoms with E-state index in [4.69, 9.17) is 11.6 Å². The second-order valence-electron chi connectivity index (χ2n) is 5.10. The van der Waals surface area contributed by atoms with Crippen LogP contribution in [0.15, 0.2) is 30.3 Å². The Bertz CT molecular complexity index is 685. The van der Waals surface area contributed by atoms with Crippen LogP contribution in [0, 0.1) is 6.92 Å². The zero-order valence-electron chi connectivity index (χ0n) is 11.6. The number of carbonyl (C=O) groups excluding carboxylic acids is 1. The highest BCUT2D eigenvalue weighted by molar-refractivity contribution is 6.30. The molecule has 0 radical (unpaired) electrons. The van der Waals surface area contributed by atoms with E-state index in [0.717, 1.165) is 24.2 Å². The van der Waals surface area contributed by atoms with Crippen molar-refractivity contribution < 1.29 is 4.79 Å². The summed E-state index contributed by atoms with van der Waals surface area (Å²) < 4.78 is 0. The summed E-state index contributed by atoms with van der Waals surface area (Å²) in [5, 5.41) is 6.61. The fourth-order valence-corrected chi connectivity index (χ4v) is 2.11. The molecule has 1 aromatic carbocycles. The highest BCUT2D eigenvalue weighted by Gasteiger charge is 2.24. The quantitative estimate of drug-likeness (QED) is 0.911. The molecule has 21 heavy (non-hydrogen) atoms. The Morgan fingerprint density at radius 3 is 2.81 bits per heavy atom. The fraction of sp³-hybridized carbons (Fsp3) is 0.267. The number of carbonyl (C=O) groups is 1. The van der Waals surface area contributed by atoms with E-state index in [9.17, 15) is 4.79 Å². The van der Waals surface area contributed by atoms with Crippen molar-refractivity contribution in [2.75, 3.05) is 5.32 Å². The Morgan fingerprint density at radius 2 is 2.10 bits per heavy atom. The standard InChI is InChI=1S/C15H15ClN4O/c1-9-7-13(14(21)18-11-5-6-11)20-15(17-9)19-12-4-2-3-10(16)8-12/h2-4,7-8,11H,5-6H2,1H3,(H,18,21)(H,17,19,20). The number of amides is 1. The maximum Gasteiger partial charge on any atom is 0.270 e. The molecule has 0 spiro atoms. The molecule has 5 nitrogen and oxygen atoms in total. The zero-order chi connectivity index (χ0) is 14.8. The Kier molecular flexibility index (Phi) is 3.75. The van der Waals surface area contributed by atoms with Crippen LogP contribution in [0.5, 0.6) is 0 Å². The molecule has 2 aromatic rings. The molecule has 0 atom stereocenters. The van der Waals surface area contributed by atoms with Crippen LogP contribution >= 0.6 is 11.6 Å². The summed E-state index contributed by atoms with van der Waals surface area (Å²) >= 11 is 5.94. The van der Waals surface area contributed by atoms with Gasteiger partial charge in [-0.2, -0.15) is 0 Å². The molecular formula is C15H15ClN4O. The topological polar surface area (TPSA) is 66.9 Å². The number of halogens is 1. The largest absolute Gasteiger partial charge is 0.348 e. The van der Waals surface area contributed by atoms with E-state index in [-0.39, 0.29) is 5.91 Å². The van der Waals surface area contributed by atoms with Gasteiger partial charge in [0, 0.05) is 22.4 Å². The van der Waals surface area contributed by atoms with Gasteiger partial charge in [-0.25, -0.2) is 9.97 Å². The summed E-state index contributed by atoms with van der Waals surface area (Å²) in [7, 11) is 0. The van der Waals surface area contributed by atoms with Crippen LogP contribution in [-0.2, 0) is 0 Å². The summed E-state index contributed by atoms with van der Waals surface area (Å²) in [5.74, 6) is 0.232. The lowest BCUT2D eigenvalue weighted by molar-refractivity contribution is 0.0946. The molecule has 1 saturated carbocycles. The molecule has 3 rings (SSSR count). The number of hydrogen-bond acceptors (Lipinski definition) is 4. The average molecular weight is 303 g/mol. The maximum absolute atomic E-state index is 12.1. The third kappa shape index (κ3) is 3.70. The molecule has 1 aromatic heterocycles. The molecule has 1 aliphatic carbocycles. The van der Waals surface area contributed by atoms with Crippen LogP contribution < -0.4 is 10.6 Å². The summed E-state index contributed by atoms with van der Waals surface area (Å²) in [5.41, 5.74) is 1.89. The van der Waals surface area contributed by atoms with Gasteiger partial charge < -0.3 is 10.6 Å². The van der Waals surface area contributed by atoms with Crippen molar-refractivity contribution in [2.24, 2.45) is 0 Å². The summed E-state index contributed by atoms with van der Waals surface area (Å²) in [4.78, 5) is 20.6. The number of aryl methyl sites for hydroxylation is 1. The molecule has 6 heteroatoms. The van der Waals surface area contributed by atoms with Crippen LogP contribution in [0.4, 0.5) is 11.6 Å². The second-order valence-corrected chi connectivity index (χ2v) is 5.54. The predicted molar refractivity (Wildman–Crippen MR) is 82.0 cm³/mol. The predicted octanol–water partition coefficient (Wildman–Crippen LogP) is 3.07. The minimum absolute atomic E-state index is 0.155. The molecule has 108 valence electrons. The minimum Gasteiger partial charge on any atom is -0.348 e. The number of rotatable bonds is 4. The van der Waals surface area contributed by atoms with Crippen molar-refractivity contribution in [1.29, 1.82) is 0 Å². The van der Waals surface area contributed by atoms with Gasteiger partial charge >= 0.3 is 0 Å². The molecule has 0 aliphatic heterocycles. The normalized spacial score (nSPS) is 13.8. The lowest BCUT2D eigenvalue weighted by Gasteiger charge is -2.08. The zero-order valence-corrected chi connectivity index (χ0v) is 12.3. The fourth-order valence-electron chi connectivity index (χ4n) is 1.92. The molecule has 1 amide bonds. The smallest absolute Gasteiger partial charge is 0.270 e. The summed E-state index contributed by atoms with van der Waals surface area (Å²) in [6.07, 6.45) is 2.09. The Labute approximate surface area is 127 Å². The Balaban J connectivity index is 1.81. The first-order valence-corrected chi connectivity index (χ1v) is 7.17. The first-order valence-electron chi connectivity index (χ1n) is 6.79. The van der Waals surface area contributed by atoms with Gasteiger partial charge in [0.1, 0.15) is 5.69 Å². The number of benzene rings is 1. The van der Waals surface area contributed by atoms with Crippen LogP contribution in [0.1, 0.15) is 29.0 Å². The number of aromatic nitrogens is 2. The Morgan fingerprint density at radius 1 is 1.29 bits per heavy atom. The molecule has 1 heterocycles. The van der Waals surface area contributed by atoms with Crippen LogP contribution in [0.3, 0.4) is 0 Å². The second kappa shape index (κ2) is 5.69. The van der Waals surface area contributed by atoms with E-state index in [2.05, 4.69) is 20.6 Å². The van der Waals surface area contributed by atoms with Gasteiger partial charge in [-0.1, -0.05) is 17.7 Å². The summed E-state index contributed by atoms with van der Waals surface area (Å²) in [6.45, 7) is 1.83. The van der Waals surface area contributed by atoms with Crippen LogP contribution in [-0.4, -0.2) is 21.9 Å². The highest BCUT2D eigenvalue weighted by Crippen LogP contribution is 2.20. The van der Waals surface area contributed by atoms with Crippen molar-refractivity contribution in [1.82, 2.24) is 15.3 Å². The third-order valence-corrected chi connectivity index (χ3v) is 3.32. The van der Waals surface area contributed by atoms with E-state index >= 15 is 0 Å². The number of nitrogens with one attached hydrogen (secondary N) is 2. The highest BCUT2D eigenvalue weighted by atomic mass is 35.5. The van der Waals surface area contributed by atoms with Gasteiger partial charge in [0.05, 0.1) is 0 Å². The lowest BCUT2D eigenvalue weighted by atomic mass is 10.3. The molecule has 0 unspecified atom stereocenters. The SMILES string of the molecule is Cc1cc(C(=O)NC2CC2)nc(Nc2cccc(Cl)c2)n1. The van der Waals surface area contributed by atoms with Gasteiger partial charge in [-0.3, -0.25) is 4.79 Å². The Hall–Kier alpha value is -2.14. The maximum atomic E-state index is 12.1. The molecular weight excluding hydrogens is 288 g/mol. The molecule has 0 bridgehead atoms. The number of nitrogens with zero attached hydrogens (tertiary/aromatic N) is 2. The van der Waals surface area contributed by atoms with Gasteiger partial charge in [0.2, 0.25) is 5.95 Å². The third-order valence-electron chi connectivity index (χ3n) is 3.08. The lowest BCUT2D eigenvalue weighted by Crippen LogP contribution is -2.26. The van der Waals surface area contributed by atoms with Gasteiger partial charge in [0.25, 0.3) is 5.91 Å². The van der Waals surface area contributed by atoms with Crippen molar-refractivity contribution in [3.8, 4) is 0 Å². The van der Waals surface area contributed by atoms with Gasteiger partial charge in [0.15, 0.2) is 0 Å². The van der Waals surface area contributed by atoms with E-state index < -0.39 is 0 Å². The molecule has 2 N–H and O–H groups in total. The van der Waals surface area contributed by atoms with Crippen LogP contribution in [0.25, 0.3) is 0 Å². The van der Waals surface area contributed by atoms with E-state index in [1.165, 1.54) is 0 Å². The van der Waals surface area contributed by atoms with Gasteiger partial charge in [-0.15, -0.1) is 0 Å². The average Bonchev–Trinajstić information content (AvgIpc) is 3.22. The van der Waals surface area contributed by atoms with Crippen molar-refractivity contribution >= 4 is 29.1 Å². The molecule has 1 aliphatic rings.